The first kappa shape index (κ1) is 12.7. The second-order valence-corrected chi connectivity index (χ2v) is 3.90. The van der Waals surface area contributed by atoms with Crippen LogP contribution in [0.25, 0.3) is 0 Å². The molecule has 0 heterocycles. The van der Waals surface area contributed by atoms with Crippen LogP contribution < -0.4 is 0 Å². The maximum atomic E-state index is 5.46. The Balaban J connectivity index is 3.80. The Kier molecular flexibility index (Phi) is 6.97. The highest BCUT2D eigenvalue weighted by molar-refractivity contribution is 4.97. The van der Waals surface area contributed by atoms with Crippen molar-refractivity contribution in [3.8, 4) is 0 Å². The number of hydrogen-bond acceptors (Lipinski definition) is 1. The molecule has 0 aliphatic heterocycles. The molecule has 0 aromatic carbocycles. The van der Waals surface area contributed by atoms with Crippen molar-refractivity contribution in [3.63, 3.8) is 0 Å². The van der Waals surface area contributed by atoms with Crippen LogP contribution in [0.3, 0.4) is 0 Å². The largest absolute Gasteiger partial charge is 0.381 e. The van der Waals surface area contributed by atoms with E-state index in [1.54, 1.807) is 7.11 Å². The Morgan fingerprint density at radius 1 is 1.38 bits per heavy atom. The van der Waals surface area contributed by atoms with Crippen molar-refractivity contribution < 1.29 is 4.74 Å². The minimum Gasteiger partial charge on any atom is -0.381 e. The van der Waals surface area contributed by atoms with E-state index in [1.165, 1.54) is 31.3 Å². The standard InChI is InChI=1S/C12H24O/c1-6-7-8-9-12(13-5)11(4)10(2)3/h11-12H,2,6-9H2,1,3-5H3/t11-,12-/m1/s1. The molecule has 0 N–H and O–H groups in total. The van der Waals surface area contributed by atoms with Crippen LogP contribution in [0.1, 0.15) is 46.5 Å². The molecule has 0 aromatic heterocycles. The summed E-state index contributed by atoms with van der Waals surface area (Å²) in [6.07, 6.45) is 5.38. The van der Waals surface area contributed by atoms with Crippen LogP contribution in [0.4, 0.5) is 0 Å². The van der Waals surface area contributed by atoms with E-state index in [0.717, 1.165) is 0 Å². The van der Waals surface area contributed by atoms with Gasteiger partial charge < -0.3 is 4.74 Å². The smallest absolute Gasteiger partial charge is 0.0633 e. The van der Waals surface area contributed by atoms with Crippen LogP contribution in [0.15, 0.2) is 12.2 Å². The summed E-state index contributed by atoms with van der Waals surface area (Å²) >= 11 is 0. The third-order valence-electron chi connectivity index (χ3n) is 2.73. The zero-order valence-electron chi connectivity index (χ0n) is 9.60. The number of hydrogen-bond donors (Lipinski definition) is 0. The van der Waals surface area contributed by atoms with Crippen LogP contribution in [0.2, 0.25) is 0 Å². The van der Waals surface area contributed by atoms with Gasteiger partial charge >= 0.3 is 0 Å². The second kappa shape index (κ2) is 7.14. The van der Waals surface area contributed by atoms with Crippen molar-refractivity contribution in [3.05, 3.63) is 12.2 Å². The summed E-state index contributed by atoms with van der Waals surface area (Å²) in [5, 5.41) is 0. The maximum absolute atomic E-state index is 5.46. The molecule has 0 radical (unpaired) electrons. The van der Waals surface area contributed by atoms with Crippen LogP contribution in [0.5, 0.6) is 0 Å². The lowest BCUT2D eigenvalue weighted by Gasteiger charge is -2.22. The summed E-state index contributed by atoms with van der Waals surface area (Å²) in [5.74, 6) is 0.488. The van der Waals surface area contributed by atoms with E-state index in [1.807, 2.05) is 0 Å². The van der Waals surface area contributed by atoms with Gasteiger partial charge in [0.25, 0.3) is 0 Å². The van der Waals surface area contributed by atoms with Gasteiger partial charge in [0, 0.05) is 13.0 Å². The van der Waals surface area contributed by atoms with Crippen molar-refractivity contribution in [2.45, 2.75) is 52.6 Å². The van der Waals surface area contributed by atoms with Crippen molar-refractivity contribution >= 4 is 0 Å². The van der Waals surface area contributed by atoms with Gasteiger partial charge in [-0.1, -0.05) is 45.3 Å². The van der Waals surface area contributed by atoms with Crippen LogP contribution in [0, 0.1) is 5.92 Å². The highest BCUT2D eigenvalue weighted by atomic mass is 16.5. The molecule has 0 aliphatic carbocycles. The molecule has 0 saturated heterocycles. The highest BCUT2D eigenvalue weighted by Crippen LogP contribution is 2.20. The van der Waals surface area contributed by atoms with E-state index >= 15 is 0 Å². The van der Waals surface area contributed by atoms with E-state index < -0.39 is 0 Å². The second-order valence-electron chi connectivity index (χ2n) is 3.90. The minimum absolute atomic E-state index is 0.365. The van der Waals surface area contributed by atoms with Crippen LogP contribution in [-0.4, -0.2) is 13.2 Å². The van der Waals surface area contributed by atoms with Gasteiger partial charge in [0.05, 0.1) is 6.10 Å². The Hall–Kier alpha value is -0.300. The predicted molar refractivity (Wildman–Crippen MR) is 58.9 cm³/mol. The molecule has 1 heteroatoms. The summed E-state index contributed by atoms with van der Waals surface area (Å²) in [5.41, 5.74) is 1.23. The molecule has 78 valence electrons. The van der Waals surface area contributed by atoms with Gasteiger partial charge in [-0.2, -0.15) is 0 Å². The molecule has 0 aliphatic rings. The monoisotopic (exact) mass is 184 g/mol. The maximum Gasteiger partial charge on any atom is 0.0633 e. The lowest BCUT2D eigenvalue weighted by molar-refractivity contribution is 0.0617. The lowest BCUT2D eigenvalue weighted by atomic mass is 9.93. The van der Waals surface area contributed by atoms with E-state index in [9.17, 15) is 0 Å². The molecule has 13 heavy (non-hydrogen) atoms. The SMILES string of the molecule is C=C(C)[C@@H](C)[C@@H](CCCCC)OC. The molecule has 0 rings (SSSR count). The molecule has 0 fully saturated rings. The molecule has 0 aromatic rings. The van der Waals surface area contributed by atoms with Crippen LogP contribution in [-0.2, 0) is 4.74 Å². The van der Waals surface area contributed by atoms with Crippen molar-refractivity contribution in [1.82, 2.24) is 0 Å². The van der Waals surface area contributed by atoms with Gasteiger partial charge in [-0.05, 0) is 13.3 Å². The number of ether oxygens (including phenoxy) is 1. The average Bonchev–Trinajstić information content (AvgIpc) is 2.11. The van der Waals surface area contributed by atoms with E-state index in [0.29, 0.717) is 12.0 Å². The average molecular weight is 184 g/mol. The molecule has 2 atom stereocenters. The summed E-state index contributed by atoms with van der Waals surface area (Å²) in [6, 6.07) is 0. The van der Waals surface area contributed by atoms with Gasteiger partial charge in [-0.3, -0.25) is 0 Å². The highest BCUT2D eigenvalue weighted by Gasteiger charge is 2.16. The van der Waals surface area contributed by atoms with E-state index in [2.05, 4.69) is 27.4 Å². The third kappa shape index (κ3) is 5.09. The van der Waals surface area contributed by atoms with Crippen molar-refractivity contribution in [2.24, 2.45) is 5.92 Å². The third-order valence-corrected chi connectivity index (χ3v) is 2.73. The molecule has 1 nitrogen and oxygen atoms in total. The fraction of sp³-hybridized carbons (Fsp3) is 0.833. The molecular formula is C12H24O. The molecule has 0 unspecified atom stereocenters. The summed E-state index contributed by atoms with van der Waals surface area (Å²) < 4.78 is 5.46. The number of methoxy groups -OCH3 is 1. The van der Waals surface area contributed by atoms with Crippen molar-refractivity contribution in [2.75, 3.05) is 7.11 Å². The van der Waals surface area contributed by atoms with Gasteiger partial charge in [0.2, 0.25) is 0 Å². The Bertz CT molecular complexity index is 140. The molecule has 0 spiro atoms. The topological polar surface area (TPSA) is 9.23 Å². The summed E-state index contributed by atoms with van der Waals surface area (Å²) in [4.78, 5) is 0. The van der Waals surface area contributed by atoms with Gasteiger partial charge in [0.1, 0.15) is 0 Å². The Morgan fingerprint density at radius 2 is 2.00 bits per heavy atom. The first-order valence-electron chi connectivity index (χ1n) is 5.31. The van der Waals surface area contributed by atoms with Gasteiger partial charge in [-0.25, -0.2) is 0 Å². The molecule has 0 saturated carbocycles. The molecule has 0 bridgehead atoms. The lowest BCUT2D eigenvalue weighted by Crippen LogP contribution is -2.20. The fourth-order valence-electron chi connectivity index (χ4n) is 1.48. The van der Waals surface area contributed by atoms with E-state index in [4.69, 9.17) is 4.74 Å². The normalized spacial score (nSPS) is 15.4. The minimum atomic E-state index is 0.365. The zero-order chi connectivity index (χ0) is 10.3. The quantitative estimate of drug-likeness (QED) is 0.432. The van der Waals surface area contributed by atoms with E-state index in [-0.39, 0.29) is 0 Å². The number of rotatable bonds is 7. The Morgan fingerprint density at radius 3 is 2.38 bits per heavy atom. The van der Waals surface area contributed by atoms with Gasteiger partial charge in [-0.15, -0.1) is 0 Å². The first-order chi connectivity index (χ1) is 6.13. The van der Waals surface area contributed by atoms with Gasteiger partial charge in [0.15, 0.2) is 0 Å². The molecular weight excluding hydrogens is 160 g/mol. The summed E-state index contributed by atoms with van der Waals surface area (Å²) in [6.45, 7) is 10.5. The predicted octanol–water partition coefficient (Wildman–Crippen LogP) is 3.79. The van der Waals surface area contributed by atoms with Crippen LogP contribution >= 0.6 is 0 Å². The first-order valence-corrected chi connectivity index (χ1v) is 5.31. The summed E-state index contributed by atoms with van der Waals surface area (Å²) in [7, 11) is 1.80. The van der Waals surface area contributed by atoms with Crippen molar-refractivity contribution in [1.29, 1.82) is 0 Å². The fourth-order valence-corrected chi connectivity index (χ4v) is 1.48. The molecule has 0 amide bonds. The zero-order valence-corrected chi connectivity index (χ0v) is 9.60. The Labute approximate surface area is 83.2 Å². The number of unbranched alkanes of at least 4 members (excludes halogenated alkanes) is 2.